The number of hydrogen-bond donors (Lipinski definition) is 1. The van der Waals surface area contributed by atoms with Crippen LogP contribution in [-0.2, 0) is 10.2 Å². The molecule has 20 heavy (non-hydrogen) atoms. The van der Waals surface area contributed by atoms with Gasteiger partial charge in [0.15, 0.2) is 6.61 Å². The third-order valence-corrected chi connectivity index (χ3v) is 3.18. The molecule has 112 valence electrons. The molecule has 0 saturated carbocycles. The Morgan fingerprint density at radius 1 is 1.30 bits per heavy atom. The highest BCUT2D eigenvalue weighted by Crippen LogP contribution is 2.30. The summed E-state index contributed by atoms with van der Waals surface area (Å²) in [7, 11) is 0. The highest BCUT2D eigenvalue weighted by molar-refractivity contribution is 5.77. The summed E-state index contributed by atoms with van der Waals surface area (Å²) < 4.78 is 5.69. The molecular formula is C17H27NO2. The van der Waals surface area contributed by atoms with E-state index in [1.807, 2.05) is 31.2 Å². The van der Waals surface area contributed by atoms with Gasteiger partial charge in [0.05, 0.1) is 0 Å². The van der Waals surface area contributed by atoms with Crippen molar-refractivity contribution in [2.24, 2.45) is 0 Å². The van der Waals surface area contributed by atoms with Crippen LogP contribution in [0.2, 0.25) is 0 Å². The largest absolute Gasteiger partial charge is 0.483 e. The molecule has 0 heterocycles. The van der Waals surface area contributed by atoms with Crippen LogP contribution in [0.4, 0.5) is 0 Å². The smallest absolute Gasteiger partial charge is 0.258 e. The lowest BCUT2D eigenvalue weighted by atomic mass is 9.86. The van der Waals surface area contributed by atoms with E-state index in [9.17, 15) is 4.79 Å². The Morgan fingerprint density at radius 2 is 1.95 bits per heavy atom. The van der Waals surface area contributed by atoms with Crippen LogP contribution in [0.15, 0.2) is 24.3 Å². The van der Waals surface area contributed by atoms with Crippen LogP contribution in [0.3, 0.4) is 0 Å². The van der Waals surface area contributed by atoms with Crippen molar-refractivity contribution in [3.8, 4) is 5.75 Å². The van der Waals surface area contributed by atoms with E-state index in [1.165, 1.54) is 0 Å². The highest BCUT2D eigenvalue weighted by Gasteiger charge is 2.19. The van der Waals surface area contributed by atoms with Crippen LogP contribution >= 0.6 is 0 Å². The van der Waals surface area contributed by atoms with Crippen molar-refractivity contribution in [3.63, 3.8) is 0 Å². The first kappa shape index (κ1) is 16.5. The lowest BCUT2D eigenvalue weighted by Crippen LogP contribution is -2.36. The van der Waals surface area contributed by atoms with E-state index in [2.05, 4.69) is 33.0 Å². The number of para-hydroxylation sites is 1. The van der Waals surface area contributed by atoms with E-state index in [0.717, 1.165) is 24.2 Å². The molecule has 1 rings (SSSR count). The van der Waals surface area contributed by atoms with E-state index in [-0.39, 0.29) is 24.0 Å². The second kappa shape index (κ2) is 7.32. The fraction of sp³-hybridized carbons (Fsp3) is 0.588. The molecule has 1 atom stereocenters. The van der Waals surface area contributed by atoms with Gasteiger partial charge in [0.1, 0.15) is 5.75 Å². The zero-order valence-electron chi connectivity index (χ0n) is 13.3. The van der Waals surface area contributed by atoms with Crippen molar-refractivity contribution in [3.05, 3.63) is 29.8 Å². The lowest BCUT2D eigenvalue weighted by molar-refractivity contribution is -0.123. The fourth-order valence-corrected chi connectivity index (χ4v) is 2.18. The maximum absolute atomic E-state index is 11.8. The number of hydrogen-bond acceptors (Lipinski definition) is 2. The number of carbonyl (C=O) groups excluding carboxylic acids is 1. The third kappa shape index (κ3) is 5.24. The normalized spacial score (nSPS) is 12.8. The third-order valence-electron chi connectivity index (χ3n) is 3.18. The average molecular weight is 277 g/mol. The predicted octanol–water partition coefficient (Wildman–Crippen LogP) is 3.67. The molecule has 0 saturated heterocycles. The molecule has 0 bridgehead atoms. The van der Waals surface area contributed by atoms with Gasteiger partial charge >= 0.3 is 0 Å². The summed E-state index contributed by atoms with van der Waals surface area (Å²) in [6, 6.07) is 8.10. The SMILES string of the molecule is CCCC(C)NC(=O)COc1ccccc1C(C)(C)C. The molecule has 3 heteroatoms. The van der Waals surface area contributed by atoms with Gasteiger partial charge < -0.3 is 10.1 Å². The monoisotopic (exact) mass is 277 g/mol. The van der Waals surface area contributed by atoms with Gasteiger partial charge in [-0.2, -0.15) is 0 Å². The topological polar surface area (TPSA) is 38.3 Å². The number of amides is 1. The number of benzene rings is 1. The molecule has 0 radical (unpaired) electrons. The first-order valence-electron chi connectivity index (χ1n) is 7.36. The Bertz CT molecular complexity index is 435. The zero-order valence-corrected chi connectivity index (χ0v) is 13.3. The van der Waals surface area contributed by atoms with Crippen molar-refractivity contribution >= 4 is 5.91 Å². The number of ether oxygens (including phenoxy) is 1. The second-order valence-electron chi connectivity index (χ2n) is 6.29. The molecule has 3 nitrogen and oxygen atoms in total. The maximum Gasteiger partial charge on any atom is 0.258 e. The number of rotatable bonds is 6. The Balaban J connectivity index is 2.60. The molecular weight excluding hydrogens is 250 g/mol. The van der Waals surface area contributed by atoms with Gasteiger partial charge in [-0.1, -0.05) is 52.3 Å². The van der Waals surface area contributed by atoms with Crippen molar-refractivity contribution in [2.75, 3.05) is 6.61 Å². The van der Waals surface area contributed by atoms with Crippen molar-refractivity contribution in [2.45, 2.75) is 58.9 Å². The average Bonchev–Trinajstić information content (AvgIpc) is 2.36. The summed E-state index contributed by atoms with van der Waals surface area (Å²) in [5.41, 5.74) is 1.12. The quantitative estimate of drug-likeness (QED) is 0.861. The van der Waals surface area contributed by atoms with Gasteiger partial charge in [0, 0.05) is 6.04 Å². The molecule has 0 aliphatic heterocycles. The van der Waals surface area contributed by atoms with Crippen LogP contribution in [-0.4, -0.2) is 18.6 Å². The Kier molecular flexibility index (Phi) is 6.05. The van der Waals surface area contributed by atoms with Gasteiger partial charge in [-0.15, -0.1) is 0 Å². The molecule has 1 amide bonds. The van der Waals surface area contributed by atoms with Crippen LogP contribution in [0.5, 0.6) is 5.75 Å². The lowest BCUT2D eigenvalue weighted by Gasteiger charge is -2.22. The Labute approximate surface area is 122 Å². The summed E-state index contributed by atoms with van der Waals surface area (Å²) >= 11 is 0. The minimum Gasteiger partial charge on any atom is -0.483 e. The van der Waals surface area contributed by atoms with Gasteiger partial charge in [0.25, 0.3) is 5.91 Å². The van der Waals surface area contributed by atoms with E-state index in [0.29, 0.717) is 0 Å². The fourth-order valence-electron chi connectivity index (χ4n) is 2.18. The maximum atomic E-state index is 11.8. The highest BCUT2D eigenvalue weighted by atomic mass is 16.5. The van der Waals surface area contributed by atoms with E-state index < -0.39 is 0 Å². The Morgan fingerprint density at radius 3 is 2.55 bits per heavy atom. The van der Waals surface area contributed by atoms with Gasteiger partial charge in [0.2, 0.25) is 0 Å². The Hall–Kier alpha value is -1.51. The van der Waals surface area contributed by atoms with E-state index in [4.69, 9.17) is 4.74 Å². The van der Waals surface area contributed by atoms with Gasteiger partial charge in [-0.3, -0.25) is 4.79 Å². The molecule has 0 aromatic heterocycles. The summed E-state index contributed by atoms with van der Waals surface area (Å²) in [4.78, 5) is 11.8. The molecule has 1 N–H and O–H groups in total. The standard InChI is InChI=1S/C17H27NO2/c1-6-9-13(2)18-16(19)12-20-15-11-8-7-10-14(15)17(3,4)5/h7-8,10-11,13H,6,9,12H2,1-5H3,(H,18,19). The van der Waals surface area contributed by atoms with E-state index in [1.54, 1.807) is 0 Å². The first-order valence-corrected chi connectivity index (χ1v) is 7.36. The zero-order chi connectivity index (χ0) is 15.2. The summed E-state index contributed by atoms with van der Waals surface area (Å²) in [6.07, 6.45) is 2.06. The second-order valence-corrected chi connectivity index (χ2v) is 6.29. The molecule has 1 aromatic carbocycles. The summed E-state index contributed by atoms with van der Waals surface area (Å²) in [5, 5.41) is 2.95. The van der Waals surface area contributed by atoms with Crippen LogP contribution in [0.25, 0.3) is 0 Å². The summed E-state index contributed by atoms with van der Waals surface area (Å²) in [6.45, 7) is 10.6. The molecule has 0 spiro atoms. The molecule has 1 unspecified atom stereocenters. The predicted molar refractivity (Wildman–Crippen MR) is 83.1 cm³/mol. The van der Waals surface area contributed by atoms with Crippen molar-refractivity contribution in [1.29, 1.82) is 0 Å². The molecule has 0 fully saturated rings. The van der Waals surface area contributed by atoms with Gasteiger partial charge in [-0.25, -0.2) is 0 Å². The minimum atomic E-state index is -0.0605. The first-order chi connectivity index (χ1) is 9.34. The number of carbonyl (C=O) groups is 1. The minimum absolute atomic E-state index is 0.00255. The van der Waals surface area contributed by atoms with Crippen LogP contribution in [0.1, 0.15) is 53.0 Å². The summed E-state index contributed by atoms with van der Waals surface area (Å²) in [5.74, 6) is 0.730. The van der Waals surface area contributed by atoms with Crippen molar-refractivity contribution < 1.29 is 9.53 Å². The molecule has 0 aliphatic rings. The van der Waals surface area contributed by atoms with Crippen LogP contribution in [0, 0.1) is 0 Å². The number of nitrogens with one attached hydrogen (secondary N) is 1. The van der Waals surface area contributed by atoms with Gasteiger partial charge in [-0.05, 0) is 30.4 Å². The van der Waals surface area contributed by atoms with Crippen LogP contribution < -0.4 is 10.1 Å². The molecule has 1 aromatic rings. The molecule has 0 aliphatic carbocycles. The van der Waals surface area contributed by atoms with E-state index >= 15 is 0 Å². The van der Waals surface area contributed by atoms with Crippen molar-refractivity contribution in [1.82, 2.24) is 5.32 Å².